The summed E-state index contributed by atoms with van der Waals surface area (Å²) in [4.78, 5) is 24.4. The van der Waals surface area contributed by atoms with Crippen LogP contribution in [0.3, 0.4) is 0 Å². The molecule has 6 aromatic carbocycles. The molecule has 8 rings (SSSR count). The lowest BCUT2D eigenvalue weighted by Crippen LogP contribution is -2.00. The molecule has 0 saturated carbocycles. The second-order valence-corrected chi connectivity index (χ2v) is 11.4. The number of hydrogen-bond donors (Lipinski definition) is 0. The molecule has 0 aliphatic rings. The molecule has 0 saturated heterocycles. The van der Waals surface area contributed by atoms with Gasteiger partial charge in [-0.2, -0.15) is 0 Å². The summed E-state index contributed by atoms with van der Waals surface area (Å²) in [5.74, 6) is 2.64. The molecule has 0 fully saturated rings. The van der Waals surface area contributed by atoms with Gasteiger partial charge in [-0.05, 0) is 17.2 Å². The van der Waals surface area contributed by atoms with E-state index < -0.39 is 0 Å². The van der Waals surface area contributed by atoms with Crippen LogP contribution in [0, 0.1) is 0 Å². The van der Waals surface area contributed by atoms with Crippen molar-refractivity contribution in [1.29, 1.82) is 0 Å². The van der Waals surface area contributed by atoms with Crippen LogP contribution in [-0.4, -0.2) is 24.9 Å². The minimum absolute atomic E-state index is 0.636. The average molecular weight is 616 g/mol. The average Bonchev–Trinajstić information content (AvgIpc) is 3.19. The zero-order valence-corrected chi connectivity index (χ0v) is 26.0. The highest BCUT2D eigenvalue weighted by Gasteiger charge is 2.13. The summed E-state index contributed by atoms with van der Waals surface area (Å²) in [6.07, 6.45) is 0. The molecule has 2 aromatic heterocycles. The Morgan fingerprint density at radius 1 is 0.208 bits per heavy atom. The van der Waals surface area contributed by atoms with Gasteiger partial charge in [0.1, 0.15) is 0 Å². The van der Waals surface area contributed by atoms with Crippen molar-refractivity contribution in [3.8, 4) is 79.2 Å². The van der Waals surface area contributed by atoms with E-state index in [0.29, 0.717) is 23.3 Å². The first-order chi connectivity index (χ1) is 23.8. The molecular formula is C43H29N5. The fourth-order valence-corrected chi connectivity index (χ4v) is 5.65. The molecule has 2 heterocycles. The molecule has 0 aliphatic carbocycles. The highest BCUT2D eigenvalue weighted by molar-refractivity contribution is 5.75. The van der Waals surface area contributed by atoms with Gasteiger partial charge in [-0.1, -0.05) is 170 Å². The molecule has 0 spiro atoms. The van der Waals surface area contributed by atoms with Crippen LogP contribution in [0.5, 0.6) is 0 Å². The maximum absolute atomic E-state index is 4.97. The van der Waals surface area contributed by atoms with Gasteiger partial charge in [0.2, 0.25) is 0 Å². The van der Waals surface area contributed by atoms with E-state index in [-0.39, 0.29) is 0 Å². The molecule has 0 amide bonds. The van der Waals surface area contributed by atoms with E-state index in [0.717, 1.165) is 55.9 Å². The van der Waals surface area contributed by atoms with Gasteiger partial charge in [-0.15, -0.1) is 0 Å². The van der Waals surface area contributed by atoms with Gasteiger partial charge < -0.3 is 0 Å². The van der Waals surface area contributed by atoms with Crippen molar-refractivity contribution >= 4 is 0 Å². The molecular weight excluding hydrogens is 587 g/mol. The van der Waals surface area contributed by atoms with Gasteiger partial charge >= 0.3 is 0 Å². The summed E-state index contributed by atoms with van der Waals surface area (Å²) < 4.78 is 0. The van der Waals surface area contributed by atoms with E-state index in [1.165, 1.54) is 0 Å². The zero-order valence-electron chi connectivity index (χ0n) is 26.0. The second-order valence-electron chi connectivity index (χ2n) is 11.4. The Morgan fingerprint density at radius 2 is 0.458 bits per heavy atom. The molecule has 226 valence electrons. The van der Waals surface area contributed by atoms with Gasteiger partial charge in [0.25, 0.3) is 0 Å². The van der Waals surface area contributed by atoms with Crippen molar-refractivity contribution in [1.82, 2.24) is 24.9 Å². The Kier molecular flexibility index (Phi) is 7.83. The van der Waals surface area contributed by atoms with E-state index in [1.54, 1.807) is 0 Å². The monoisotopic (exact) mass is 615 g/mol. The Bertz CT molecular complexity index is 2010. The van der Waals surface area contributed by atoms with Crippen molar-refractivity contribution in [2.75, 3.05) is 0 Å². The summed E-state index contributed by atoms with van der Waals surface area (Å²) in [5.41, 5.74) is 9.87. The second kappa shape index (κ2) is 13.0. The van der Waals surface area contributed by atoms with Crippen molar-refractivity contribution in [3.63, 3.8) is 0 Å². The van der Waals surface area contributed by atoms with E-state index in [9.17, 15) is 0 Å². The molecule has 0 N–H and O–H groups in total. The Balaban J connectivity index is 1.11. The summed E-state index contributed by atoms with van der Waals surface area (Å²) in [5, 5.41) is 0. The predicted molar refractivity (Wildman–Crippen MR) is 193 cm³/mol. The van der Waals surface area contributed by atoms with E-state index in [4.69, 9.17) is 24.9 Å². The smallest absolute Gasteiger partial charge is 0.164 e. The normalized spacial score (nSPS) is 10.9. The van der Waals surface area contributed by atoms with Crippen LogP contribution in [0.15, 0.2) is 176 Å². The van der Waals surface area contributed by atoms with Crippen molar-refractivity contribution in [3.05, 3.63) is 176 Å². The van der Waals surface area contributed by atoms with Gasteiger partial charge in [0, 0.05) is 33.4 Å². The van der Waals surface area contributed by atoms with Crippen molar-refractivity contribution in [2.24, 2.45) is 0 Å². The fourth-order valence-electron chi connectivity index (χ4n) is 5.65. The van der Waals surface area contributed by atoms with Gasteiger partial charge in [-0.25, -0.2) is 24.9 Å². The molecule has 0 bridgehead atoms. The minimum atomic E-state index is 0.636. The largest absolute Gasteiger partial charge is 0.228 e. The lowest BCUT2D eigenvalue weighted by atomic mass is 10.0. The number of rotatable bonds is 7. The van der Waals surface area contributed by atoms with Crippen LogP contribution < -0.4 is 0 Å². The molecule has 8 aromatic rings. The molecule has 0 aliphatic heterocycles. The van der Waals surface area contributed by atoms with Gasteiger partial charge in [0.15, 0.2) is 23.3 Å². The molecule has 48 heavy (non-hydrogen) atoms. The first-order valence-corrected chi connectivity index (χ1v) is 15.8. The highest BCUT2D eigenvalue weighted by Crippen LogP contribution is 2.31. The minimum Gasteiger partial charge on any atom is -0.228 e. The van der Waals surface area contributed by atoms with Crippen molar-refractivity contribution in [2.45, 2.75) is 0 Å². The standard InChI is InChI=1S/C43H29N5/c1-5-13-32(14-6-1)38-29-39(45-40(44-38)34-15-7-2-8-16-34)33-25-21-30(22-26-33)31-23-27-37(28-24-31)43-47-41(35-17-9-3-10-18-35)46-42(48-43)36-19-11-4-12-20-36/h1-29H. The number of nitrogens with zero attached hydrogens (tertiary/aromatic N) is 5. The first-order valence-electron chi connectivity index (χ1n) is 15.8. The Hall–Kier alpha value is -6.59. The van der Waals surface area contributed by atoms with Crippen molar-refractivity contribution < 1.29 is 0 Å². The van der Waals surface area contributed by atoms with E-state index in [2.05, 4.69) is 66.7 Å². The predicted octanol–water partition coefficient (Wildman–Crippen LogP) is 10.3. The highest BCUT2D eigenvalue weighted by atomic mass is 15.0. The van der Waals surface area contributed by atoms with Gasteiger partial charge in [0.05, 0.1) is 11.4 Å². The van der Waals surface area contributed by atoms with Crippen LogP contribution >= 0.6 is 0 Å². The molecule has 0 atom stereocenters. The lowest BCUT2D eigenvalue weighted by Gasteiger charge is -2.10. The third kappa shape index (κ3) is 6.13. The number of hydrogen-bond acceptors (Lipinski definition) is 5. The van der Waals surface area contributed by atoms with E-state index >= 15 is 0 Å². The summed E-state index contributed by atoms with van der Waals surface area (Å²) in [6, 6.07) is 59.4. The van der Waals surface area contributed by atoms with Crippen LogP contribution in [0.1, 0.15) is 0 Å². The number of benzene rings is 6. The van der Waals surface area contributed by atoms with Gasteiger partial charge in [-0.3, -0.25) is 0 Å². The molecule has 5 heteroatoms. The maximum atomic E-state index is 4.97. The first kappa shape index (κ1) is 28.9. The van der Waals surface area contributed by atoms with E-state index in [1.807, 2.05) is 109 Å². The van der Waals surface area contributed by atoms with Crippen LogP contribution in [-0.2, 0) is 0 Å². The number of aromatic nitrogens is 5. The molecule has 0 radical (unpaired) electrons. The topological polar surface area (TPSA) is 64.5 Å². The van der Waals surface area contributed by atoms with Crippen LogP contribution in [0.25, 0.3) is 79.2 Å². The molecule has 0 unspecified atom stereocenters. The van der Waals surface area contributed by atoms with Crippen LogP contribution in [0.4, 0.5) is 0 Å². The Morgan fingerprint density at radius 3 is 0.833 bits per heavy atom. The summed E-state index contributed by atoms with van der Waals surface area (Å²) >= 11 is 0. The SMILES string of the molecule is c1ccc(-c2cc(-c3ccc(-c4ccc(-c5nc(-c6ccccc6)nc(-c6ccccc6)n5)cc4)cc3)nc(-c3ccccc3)n2)cc1. The van der Waals surface area contributed by atoms with Crippen LogP contribution in [0.2, 0.25) is 0 Å². The summed E-state index contributed by atoms with van der Waals surface area (Å²) in [7, 11) is 0. The Labute approximate surface area is 279 Å². The maximum Gasteiger partial charge on any atom is 0.164 e. The quantitative estimate of drug-likeness (QED) is 0.178. The molecule has 5 nitrogen and oxygen atoms in total. The lowest BCUT2D eigenvalue weighted by molar-refractivity contribution is 1.07. The third-order valence-electron chi connectivity index (χ3n) is 8.18. The fraction of sp³-hybridized carbons (Fsp3) is 0. The zero-order chi connectivity index (χ0) is 32.1. The third-order valence-corrected chi connectivity index (χ3v) is 8.18. The summed E-state index contributed by atoms with van der Waals surface area (Å²) in [6.45, 7) is 0.